The molecule has 0 saturated heterocycles. The molecule has 1 heterocycles. The number of carbonyl (C=O) groups is 1. The number of rotatable bonds is 2. The summed E-state index contributed by atoms with van der Waals surface area (Å²) in [5, 5.41) is 2.33. The molecule has 0 aromatic heterocycles. The lowest BCUT2D eigenvalue weighted by Gasteiger charge is -2.26. The maximum absolute atomic E-state index is 12.9. The molecule has 0 fully saturated rings. The molecule has 33 heavy (non-hydrogen) atoms. The second-order valence-electron chi connectivity index (χ2n) is 11.0. The van der Waals surface area contributed by atoms with E-state index in [1.54, 1.807) is 4.90 Å². The molecule has 0 radical (unpaired) electrons. The fourth-order valence-corrected chi connectivity index (χ4v) is 4.30. The van der Waals surface area contributed by atoms with Crippen LogP contribution in [0.2, 0.25) is 0 Å². The third kappa shape index (κ3) is 4.95. The van der Waals surface area contributed by atoms with Crippen molar-refractivity contribution < 1.29 is 9.53 Å². The first kappa shape index (κ1) is 23.0. The molecular formula is C29H34N2O2. The number of amides is 1. The van der Waals surface area contributed by atoms with Gasteiger partial charge in [0.2, 0.25) is 0 Å². The Bertz CT molecular complexity index is 1230. The van der Waals surface area contributed by atoms with Crippen LogP contribution in [0.4, 0.5) is 10.5 Å². The Labute approximate surface area is 197 Å². The summed E-state index contributed by atoms with van der Waals surface area (Å²) < 4.78 is 5.68. The summed E-state index contributed by atoms with van der Waals surface area (Å²) in [4.78, 5) is 19.9. The smallest absolute Gasteiger partial charge is 0.410 e. The van der Waals surface area contributed by atoms with Gasteiger partial charge in [-0.25, -0.2) is 4.79 Å². The third-order valence-electron chi connectivity index (χ3n) is 5.83. The van der Waals surface area contributed by atoms with Gasteiger partial charge in [-0.05, 0) is 67.8 Å². The number of aryl methyl sites for hydroxylation is 1. The molecule has 0 N–H and O–H groups in total. The van der Waals surface area contributed by atoms with E-state index in [4.69, 9.17) is 9.73 Å². The molecule has 1 aliphatic heterocycles. The second kappa shape index (κ2) is 8.33. The fraction of sp³-hybridized carbons (Fsp3) is 0.379. The highest BCUT2D eigenvalue weighted by Crippen LogP contribution is 2.38. The highest BCUT2D eigenvalue weighted by molar-refractivity contribution is 6.15. The largest absolute Gasteiger partial charge is 0.444 e. The molecule has 1 amide bonds. The number of aliphatic imine (C=N–C) groups is 1. The average Bonchev–Trinajstić information content (AvgIpc) is 3.14. The summed E-state index contributed by atoms with van der Waals surface area (Å²) >= 11 is 0. The Balaban J connectivity index is 1.89. The molecule has 1 aliphatic rings. The number of hydrogen-bond acceptors (Lipinski definition) is 3. The Morgan fingerprint density at radius 3 is 2.24 bits per heavy atom. The predicted octanol–water partition coefficient (Wildman–Crippen LogP) is 7.57. The van der Waals surface area contributed by atoms with Crippen molar-refractivity contribution in [2.24, 2.45) is 10.4 Å². The van der Waals surface area contributed by atoms with Crippen LogP contribution in [-0.2, 0) is 17.8 Å². The summed E-state index contributed by atoms with van der Waals surface area (Å²) in [5.74, 6) is 0. The van der Waals surface area contributed by atoms with E-state index in [2.05, 4.69) is 82.3 Å². The maximum Gasteiger partial charge on any atom is 0.410 e. The zero-order chi connectivity index (χ0) is 24.0. The standard InChI is InChI=1S/C29H34N2O2/c1-19-12-14-22(15-13-19)30-26(28(2,3)4)25-23-11-9-8-10-20(23)16-21-17-31(18-24(21)25)27(32)33-29(5,6)7/h8-16H,17-18H2,1-7H3. The molecule has 3 aromatic rings. The van der Waals surface area contributed by atoms with E-state index in [0.29, 0.717) is 13.1 Å². The highest BCUT2D eigenvalue weighted by atomic mass is 16.6. The van der Waals surface area contributed by atoms with Crippen LogP contribution in [0.3, 0.4) is 0 Å². The van der Waals surface area contributed by atoms with Crippen LogP contribution in [0.25, 0.3) is 10.8 Å². The van der Waals surface area contributed by atoms with Crippen LogP contribution in [0.5, 0.6) is 0 Å². The lowest BCUT2D eigenvalue weighted by molar-refractivity contribution is 0.0242. The molecule has 4 nitrogen and oxygen atoms in total. The van der Waals surface area contributed by atoms with Gasteiger partial charge in [0.05, 0.1) is 17.9 Å². The first-order valence-electron chi connectivity index (χ1n) is 11.6. The van der Waals surface area contributed by atoms with Crippen LogP contribution in [0.1, 0.15) is 63.8 Å². The zero-order valence-electron chi connectivity index (χ0n) is 20.8. The molecule has 0 aliphatic carbocycles. The van der Waals surface area contributed by atoms with Gasteiger partial charge in [0, 0.05) is 17.5 Å². The van der Waals surface area contributed by atoms with Gasteiger partial charge in [0.15, 0.2) is 0 Å². The zero-order valence-corrected chi connectivity index (χ0v) is 20.8. The molecule has 0 spiro atoms. The van der Waals surface area contributed by atoms with Crippen LogP contribution in [-0.4, -0.2) is 22.3 Å². The molecule has 0 unspecified atom stereocenters. The van der Waals surface area contributed by atoms with Gasteiger partial charge in [-0.1, -0.05) is 62.7 Å². The van der Waals surface area contributed by atoms with Gasteiger partial charge >= 0.3 is 6.09 Å². The van der Waals surface area contributed by atoms with E-state index in [-0.39, 0.29) is 11.5 Å². The van der Waals surface area contributed by atoms with E-state index in [9.17, 15) is 4.79 Å². The summed E-state index contributed by atoms with van der Waals surface area (Å²) in [6.45, 7) is 15.5. The SMILES string of the molecule is Cc1ccc(N=C(c2c3c(cc4ccccc24)CN(C(=O)OC(C)(C)C)C3)C(C)(C)C)cc1. The van der Waals surface area contributed by atoms with Crippen LogP contribution in [0.15, 0.2) is 59.6 Å². The van der Waals surface area contributed by atoms with Crippen molar-refractivity contribution in [2.45, 2.75) is 67.2 Å². The Hall–Kier alpha value is -3.14. The van der Waals surface area contributed by atoms with Crippen molar-refractivity contribution in [1.29, 1.82) is 0 Å². The molecule has 0 saturated carbocycles. The monoisotopic (exact) mass is 442 g/mol. The van der Waals surface area contributed by atoms with Crippen molar-refractivity contribution in [3.05, 3.63) is 76.9 Å². The Morgan fingerprint density at radius 1 is 0.939 bits per heavy atom. The normalized spacial score (nSPS) is 14.5. The number of benzene rings is 3. The van der Waals surface area contributed by atoms with Gasteiger partial charge < -0.3 is 4.74 Å². The van der Waals surface area contributed by atoms with Crippen molar-refractivity contribution in [3.8, 4) is 0 Å². The van der Waals surface area contributed by atoms with Crippen LogP contribution in [0, 0.1) is 12.3 Å². The van der Waals surface area contributed by atoms with E-state index in [1.807, 2.05) is 20.8 Å². The second-order valence-corrected chi connectivity index (χ2v) is 11.0. The molecule has 3 aromatic carbocycles. The molecule has 172 valence electrons. The topological polar surface area (TPSA) is 41.9 Å². The van der Waals surface area contributed by atoms with Gasteiger partial charge in [-0.3, -0.25) is 9.89 Å². The van der Waals surface area contributed by atoms with Gasteiger partial charge in [0.1, 0.15) is 5.60 Å². The van der Waals surface area contributed by atoms with E-state index < -0.39 is 5.60 Å². The molecule has 4 rings (SSSR count). The van der Waals surface area contributed by atoms with Crippen molar-refractivity contribution in [3.63, 3.8) is 0 Å². The number of ether oxygens (including phenoxy) is 1. The maximum atomic E-state index is 12.9. The lowest BCUT2D eigenvalue weighted by atomic mass is 9.80. The molecule has 0 bridgehead atoms. The van der Waals surface area contributed by atoms with E-state index >= 15 is 0 Å². The quantitative estimate of drug-likeness (QED) is 0.384. The summed E-state index contributed by atoms with van der Waals surface area (Å²) in [6, 6.07) is 19.0. The number of carbonyl (C=O) groups excluding carboxylic acids is 1. The van der Waals surface area contributed by atoms with Gasteiger partial charge in [-0.15, -0.1) is 0 Å². The van der Waals surface area contributed by atoms with Gasteiger partial charge in [-0.2, -0.15) is 0 Å². The first-order valence-corrected chi connectivity index (χ1v) is 11.6. The van der Waals surface area contributed by atoms with E-state index in [1.165, 1.54) is 16.5 Å². The first-order chi connectivity index (χ1) is 15.4. The predicted molar refractivity (Wildman–Crippen MR) is 136 cm³/mol. The van der Waals surface area contributed by atoms with Crippen molar-refractivity contribution in [1.82, 2.24) is 4.90 Å². The Morgan fingerprint density at radius 2 is 1.61 bits per heavy atom. The van der Waals surface area contributed by atoms with Crippen molar-refractivity contribution in [2.75, 3.05) is 0 Å². The third-order valence-corrected chi connectivity index (χ3v) is 5.83. The van der Waals surface area contributed by atoms with Crippen LogP contribution >= 0.6 is 0 Å². The van der Waals surface area contributed by atoms with Crippen LogP contribution < -0.4 is 0 Å². The molecule has 4 heteroatoms. The number of fused-ring (bicyclic) bond motifs is 2. The summed E-state index contributed by atoms with van der Waals surface area (Å²) in [5.41, 5.74) is 5.94. The number of hydrogen-bond donors (Lipinski definition) is 0. The minimum Gasteiger partial charge on any atom is -0.444 e. The summed E-state index contributed by atoms with van der Waals surface area (Å²) in [7, 11) is 0. The lowest BCUT2D eigenvalue weighted by Crippen LogP contribution is -2.33. The number of nitrogens with zero attached hydrogens (tertiary/aromatic N) is 2. The summed E-state index contributed by atoms with van der Waals surface area (Å²) in [6.07, 6.45) is -0.276. The highest BCUT2D eigenvalue weighted by Gasteiger charge is 2.33. The fourth-order valence-electron chi connectivity index (χ4n) is 4.30. The van der Waals surface area contributed by atoms with Gasteiger partial charge in [0.25, 0.3) is 0 Å². The molecule has 0 atom stereocenters. The van der Waals surface area contributed by atoms with E-state index in [0.717, 1.165) is 27.9 Å². The minimum absolute atomic E-state index is 0.192. The Kier molecular flexibility index (Phi) is 5.81. The van der Waals surface area contributed by atoms with Crippen molar-refractivity contribution >= 4 is 28.3 Å². The minimum atomic E-state index is -0.525. The molecular weight excluding hydrogens is 408 g/mol. The average molecular weight is 443 g/mol.